The van der Waals surface area contributed by atoms with Crippen molar-refractivity contribution < 1.29 is 32.2 Å². The van der Waals surface area contributed by atoms with Gasteiger partial charge in [0.2, 0.25) is 21.8 Å². The number of carbonyl (C=O) groups is 1. The van der Waals surface area contributed by atoms with E-state index in [-0.39, 0.29) is 24.2 Å². The number of rotatable bonds is 6. The van der Waals surface area contributed by atoms with Crippen LogP contribution in [0.15, 0.2) is 60.8 Å². The molecule has 5 rings (SSSR count). The lowest BCUT2D eigenvalue weighted by Gasteiger charge is -2.22. The molecule has 1 unspecified atom stereocenters. The fraction of sp³-hybridized carbons (Fsp3) is 0.250. The first kappa shape index (κ1) is 22.0. The molecule has 0 radical (unpaired) electrons. The number of benzene rings is 2. The van der Waals surface area contributed by atoms with Gasteiger partial charge >= 0.3 is 0 Å². The number of hydrogen-bond acceptors (Lipinski definition) is 8. The van der Waals surface area contributed by atoms with E-state index < -0.39 is 15.9 Å². The first-order valence-electron chi connectivity index (χ1n) is 10.6. The number of methoxy groups -OCH3 is 1. The van der Waals surface area contributed by atoms with Crippen LogP contribution in [-0.4, -0.2) is 38.8 Å². The molecule has 1 N–H and O–H groups in total. The Bertz CT molecular complexity index is 1310. The summed E-state index contributed by atoms with van der Waals surface area (Å²) in [5.41, 5.74) is 1.63. The highest BCUT2D eigenvalue weighted by molar-refractivity contribution is 7.90. The van der Waals surface area contributed by atoms with Crippen molar-refractivity contribution in [2.45, 2.75) is 18.4 Å². The van der Waals surface area contributed by atoms with E-state index >= 15 is 0 Å². The summed E-state index contributed by atoms with van der Waals surface area (Å²) in [6, 6.07) is 16.2. The number of fused-ring (bicyclic) bond motifs is 1. The van der Waals surface area contributed by atoms with Gasteiger partial charge in [-0.25, -0.2) is 13.4 Å². The van der Waals surface area contributed by atoms with E-state index in [9.17, 15) is 13.2 Å². The van der Waals surface area contributed by atoms with Crippen molar-refractivity contribution in [3.05, 3.63) is 71.9 Å². The number of carbonyl (C=O) groups excluding carboxylic acids is 1. The second kappa shape index (κ2) is 8.86. The number of hydrogen-bond donors (Lipinski definition) is 1. The topological polar surface area (TPSA) is 113 Å². The number of amides is 1. The number of sulfonamides is 1. The molecule has 9 nitrogen and oxygen atoms in total. The van der Waals surface area contributed by atoms with Crippen molar-refractivity contribution in [2.75, 3.05) is 19.5 Å². The predicted molar refractivity (Wildman–Crippen MR) is 122 cm³/mol. The maximum atomic E-state index is 11.8. The lowest BCUT2D eigenvalue weighted by molar-refractivity contribution is -0.119. The van der Waals surface area contributed by atoms with Gasteiger partial charge in [-0.2, -0.15) is 0 Å². The van der Waals surface area contributed by atoms with Crippen LogP contribution in [0.4, 0.5) is 0 Å². The third kappa shape index (κ3) is 4.62. The first-order valence-corrected chi connectivity index (χ1v) is 12.3. The van der Waals surface area contributed by atoms with Crippen LogP contribution < -0.4 is 23.7 Å². The minimum absolute atomic E-state index is 0.116. The largest absolute Gasteiger partial charge is 0.485 e. The van der Waals surface area contributed by atoms with Crippen LogP contribution in [0.2, 0.25) is 0 Å². The van der Waals surface area contributed by atoms with Crippen molar-refractivity contribution in [1.82, 2.24) is 9.71 Å². The average molecular weight is 483 g/mol. The third-order valence-electron chi connectivity index (χ3n) is 5.63. The number of nitrogens with one attached hydrogen (secondary N) is 1. The Kier molecular flexibility index (Phi) is 5.74. The third-order valence-corrected chi connectivity index (χ3v) is 7.01. The predicted octanol–water partition coefficient (Wildman–Crippen LogP) is 3.33. The van der Waals surface area contributed by atoms with Gasteiger partial charge in [-0.3, -0.25) is 9.52 Å². The van der Waals surface area contributed by atoms with Crippen LogP contribution in [0.25, 0.3) is 0 Å². The Hall–Kier alpha value is -3.79. The van der Waals surface area contributed by atoms with Crippen molar-refractivity contribution in [1.29, 1.82) is 0 Å². The van der Waals surface area contributed by atoms with Crippen LogP contribution in [0.1, 0.15) is 29.6 Å². The first-order chi connectivity index (χ1) is 16.4. The molecule has 3 aromatic rings. The van der Waals surface area contributed by atoms with Crippen molar-refractivity contribution in [3.63, 3.8) is 0 Å². The SMILES string of the molecule is COc1ccc(Oc2cccc3c2OC[C@H]3Oc2ccc(C3CC(=O)NS(=O)(=O)C3)cc2)cn1. The normalized spacial score (nSPS) is 20.6. The number of nitrogens with zero attached hydrogens (tertiary/aromatic N) is 1. The molecular formula is C24H22N2O7S. The number of ether oxygens (including phenoxy) is 4. The maximum absolute atomic E-state index is 11.8. The summed E-state index contributed by atoms with van der Waals surface area (Å²) in [5.74, 6) is 1.84. The Morgan fingerprint density at radius 1 is 1.06 bits per heavy atom. The smallest absolute Gasteiger partial charge is 0.235 e. The van der Waals surface area contributed by atoms with E-state index in [4.69, 9.17) is 18.9 Å². The molecule has 1 saturated heterocycles. The fourth-order valence-electron chi connectivity index (χ4n) is 4.04. The van der Waals surface area contributed by atoms with Gasteiger partial charge in [-0.1, -0.05) is 24.3 Å². The molecule has 0 spiro atoms. The summed E-state index contributed by atoms with van der Waals surface area (Å²) in [6.07, 6.45) is 1.37. The van der Waals surface area contributed by atoms with Crippen molar-refractivity contribution in [3.8, 4) is 28.9 Å². The highest BCUT2D eigenvalue weighted by atomic mass is 32.2. The maximum Gasteiger partial charge on any atom is 0.235 e. The van der Waals surface area contributed by atoms with Crippen LogP contribution in [0, 0.1) is 0 Å². The molecule has 2 aliphatic heterocycles. The lowest BCUT2D eigenvalue weighted by Crippen LogP contribution is -2.40. The minimum atomic E-state index is -3.59. The fourth-order valence-corrected chi connectivity index (χ4v) is 5.40. The molecule has 1 amide bonds. The Labute approximate surface area is 196 Å². The van der Waals surface area contributed by atoms with Gasteiger partial charge in [-0.15, -0.1) is 0 Å². The monoisotopic (exact) mass is 482 g/mol. The molecule has 0 saturated carbocycles. The molecule has 176 valence electrons. The van der Waals surface area contributed by atoms with Gasteiger partial charge in [0, 0.05) is 24.0 Å². The zero-order valence-electron chi connectivity index (χ0n) is 18.3. The summed E-state index contributed by atoms with van der Waals surface area (Å²) in [4.78, 5) is 15.8. The number of pyridine rings is 1. The molecule has 2 aliphatic rings. The zero-order chi connectivity index (χ0) is 23.7. The summed E-state index contributed by atoms with van der Waals surface area (Å²) in [7, 11) is -2.04. The Morgan fingerprint density at radius 2 is 1.85 bits per heavy atom. The van der Waals surface area contributed by atoms with E-state index in [1.54, 1.807) is 49.7 Å². The molecule has 34 heavy (non-hydrogen) atoms. The zero-order valence-corrected chi connectivity index (χ0v) is 19.1. The van der Waals surface area contributed by atoms with Gasteiger partial charge < -0.3 is 18.9 Å². The van der Waals surface area contributed by atoms with Crippen LogP contribution in [0.5, 0.6) is 28.9 Å². The number of para-hydroxylation sites is 1. The average Bonchev–Trinajstić information content (AvgIpc) is 3.22. The van der Waals surface area contributed by atoms with Crippen LogP contribution in [-0.2, 0) is 14.8 Å². The van der Waals surface area contributed by atoms with E-state index in [0.29, 0.717) is 35.5 Å². The lowest BCUT2D eigenvalue weighted by atomic mass is 9.97. The standard InChI is InChI=1S/C24H22N2O7S/c1-30-23-10-9-18(12-25-23)33-20-4-2-3-19-21(13-31-24(19)20)32-17-7-5-15(6-8-17)16-11-22(27)26-34(28,29)14-16/h2-10,12,16,21H,11,13-14H2,1H3,(H,26,27)/t16?,21-/m1/s1. The van der Waals surface area contributed by atoms with Gasteiger partial charge in [-0.05, 0) is 29.8 Å². The summed E-state index contributed by atoms with van der Waals surface area (Å²) in [5, 5.41) is 0. The van der Waals surface area contributed by atoms with Crippen molar-refractivity contribution in [2.24, 2.45) is 0 Å². The molecule has 2 atom stereocenters. The molecule has 3 heterocycles. The highest BCUT2D eigenvalue weighted by Gasteiger charge is 2.31. The molecule has 0 aliphatic carbocycles. The van der Waals surface area contributed by atoms with Crippen LogP contribution in [0.3, 0.4) is 0 Å². The molecule has 1 fully saturated rings. The van der Waals surface area contributed by atoms with Gasteiger partial charge in [0.05, 0.1) is 19.1 Å². The molecule has 0 bridgehead atoms. The summed E-state index contributed by atoms with van der Waals surface area (Å²) < 4.78 is 48.7. The highest BCUT2D eigenvalue weighted by Crippen LogP contribution is 2.43. The van der Waals surface area contributed by atoms with Gasteiger partial charge in [0.25, 0.3) is 0 Å². The Balaban J connectivity index is 1.29. The summed E-state index contributed by atoms with van der Waals surface area (Å²) in [6.45, 7) is 0.319. The van der Waals surface area contributed by atoms with Crippen LogP contribution >= 0.6 is 0 Å². The number of aromatic nitrogens is 1. The molecule has 2 aromatic carbocycles. The van der Waals surface area contributed by atoms with E-state index in [1.165, 1.54) is 0 Å². The second-order valence-electron chi connectivity index (χ2n) is 8.01. The Morgan fingerprint density at radius 3 is 2.56 bits per heavy atom. The molecule has 10 heteroatoms. The molecule has 1 aromatic heterocycles. The second-order valence-corrected chi connectivity index (χ2v) is 9.77. The summed E-state index contributed by atoms with van der Waals surface area (Å²) >= 11 is 0. The van der Waals surface area contributed by atoms with E-state index in [0.717, 1.165) is 11.1 Å². The van der Waals surface area contributed by atoms with Gasteiger partial charge in [0.15, 0.2) is 17.6 Å². The van der Waals surface area contributed by atoms with Crippen molar-refractivity contribution >= 4 is 15.9 Å². The minimum Gasteiger partial charge on any atom is -0.485 e. The quantitative estimate of drug-likeness (QED) is 0.569. The van der Waals surface area contributed by atoms with E-state index in [1.807, 2.05) is 22.9 Å². The van der Waals surface area contributed by atoms with E-state index in [2.05, 4.69) is 4.98 Å². The molecular weight excluding hydrogens is 460 g/mol. The van der Waals surface area contributed by atoms with Gasteiger partial charge in [0.1, 0.15) is 18.1 Å².